The lowest BCUT2D eigenvalue weighted by molar-refractivity contribution is -0.137. The van der Waals surface area contributed by atoms with Crippen LogP contribution in [0, 0.1) is 6.92 Å². The Kier molecular flexibility index (Phi) is 5.65. The second-order valence-corrected chi connectivity index (χ2v) is 7.19. The number of carbonyl (C=O) groups is 2. The van der Waals surface area contributed by atoms with Crippen LogP contribution in [0.25, 0.3) is 10.4 Å². The van der Waals surface area contributed by atoms with Crippen LogP contribution in [0.4, 0.5) is 0 Å². The van der Waals surface area contributed by atoms with Gasteiger partial charge in [-0.1, -0.05) is 24.3 Å². The highest BCUT2D eigenvalue weighted by Gasteiger charge is 2.38. The number of rotatable bonds is 5. The van der Waals surface area contributed by atoms with Crippen molar-refractivity contribution in [3.63, 3.8) is 0 Å². The summed E-state index contributed by atoms with van der Waals surface area (Å²) in [5.41, 5.74) is 10.3. The molecule has 8 heteroatoms. The van der Waals surface area contributed by atoms with Crippen LogP contribution in [0.1, 0.15) is 17.7 Å². The van der Waals surface area contributed by atoms with Gasteiger partial charge in [0, 0.05) is 19.5 Å². The molecule has 1 saturated heterocycles. The summed E-state index contributed by atoms with van der Waals surface area (Å²) >= 11 is 1.60. The quantitative estimate of drug-likeness (QED) is 0.712. The van der Waals surface area contributed by atoms with Crippen molar-refractivity contribution >= 4 is 23.2 Å². The van der Waals surface area contributed by atoms with Crippen molar-refractivity contribution < 1.29 is 14.7 Å². The van der Waals surface area contributed by atoms with Gasteiger partial charge >= 0.3 is 0 Å². The third kappa shape index (κ3) is 3.92. The predicted octanol–water partition coefficient (Wildman–Crippen LogP) is 0.655. The number of hydrogen-bond donors (Lipinski definition) is 3. The van der Waals surface area contributed by atoms with Crippen LogP contribution in [0.3, 0.4) is 0 Å². The molecule has 0 radical (unpaired) electrons. The van der Waals surface area contributed by atoms with Crippen molar-refractivity contribution in [1.29, 1.82) is 0 Å². The van der Waals surface area contributed by atoms with Gasteiger partial charge in [0.15, 0.2) is 0 Å². The Labute approximate surface area is 155 Å². The number of aliphatic hydroxyl groups is 1. The standard InChI is InChI=1S/C18H22N4O3S/c1-11-17(26-10-21-11)13-4-2-12(3-5-13)8-20-18(25)15-6-14(23)9-22(15)16(24)7-19/h2-5,10,14-15,23H,6-9,19H2,1H3,(H,20,25)/t14-,15-/m0/s1. The zero-order valence-electron chi connectivity index (χ0n) is 14.5. The first-order valence-corrected chi connectivity index (χ1v) is 9.32. The molecule has 0 bridgehead atoms. The molecule has 0 saturated carbocycles. The number of benzene rings is 1. The van der Waals surface area contributed by atoms with E-state index < -0.39 is 12.1 Å². The van der Waals surface area contributed by atoms with Gasteiger partial charge in [0.1, 0.15) is 6.04 Å². The summed E-state index contributed by atoms with van der Waals surface area (Å²) in [5.74, 6) is -0.600. The van der Waals surface area contributed by atoms with Crippen molar-refractivity contribution in [2.24, 2.45) is 5.73 Å². The van der Waals surface area contributed by atoms with E-state index in [0.29, 0.717) is 6.54 Å². The van der Waals surface area contributed by atoms with Crippen molar-refractivity contribution in [3.8, 4) is 10.4 Å². The molecule has 0 aliphatic carbocycles. The van der Waals surface area contributed by atoms with Crippen LogP contribution in [0.2, 0.25) is 0 Å². The molecule has 7 nitrogen and oxygen atoms in total. The highest BCUT2D eigenvalue weighted by Crippen LogP contribution is 2.27. The molecule has 1 fully saturated rings. The molecule has 0 spiro atoms. The summed E-state index contributed by atoms with van der Waals surface area (Å²) in [4.78, 5) is 31.0. The zero-order chi connectivity index (χ0) is 18.7. The first-order chi connectivity index (χ1) is 12.5. The Bertz CT molecular complexity index is 790. The maximum Gasteiger partial charge on any atom is 0.243 e. The number of nitrogens with one attached hydrogen (secondary N) is 1. The lowest BCUT2D eigenvalue weighted by Gasteiger charge is -2.23. The van der Waals surface area contributed by atoms with Crippen molar-refractivity contribution in [1.82, 2.24) is 15.2 Å². The highest BCUT2D eigenvalue weighted by atomic mass is 32.1. The van der Waals surface area contributed by atoms with Gasteiger partial charge in [-0.05, 0) is 18.1 Å². The summed E-state index contributed by atoms with van der Waals surface area (Å²) in [6.07, 6.45) is -0.454. The number of β-amino-alcohol motifs (C(OH)–C–C–N with tert-alkyl or cyclic N) is 1. The molecule has 1 aliphatic heterocycles. The molecule has 3 rings (SSSR count). The van der Waals surface area contributed by atoms with Crippen molar-refractivity contribution in [2.45, 2.75) is 32.0 Å². The average Bonchev–Trinajstić information content (AvgIpc) is 3.25. The van der Waals surface area contributed by atoms with Gasteiger partial charge < -0.3 is 21.1 Å². The number of thiazole rings is 1. The number of amides is 2. The summed E-state index contributed by atoms with van der Waals surface area (Å²) in [6, 6.07) is 7.26. The van der Waals surface area contributed by atoms with Gasteiger partial charge in [0.05, 0.1) is 28.7 Å². The molecule has 26 heavy (non-hydrogen) atoms. The SMILES string of the molecule is Cc1ncsc1-c1ccc(CNC(=O)[C@@H]2C[C@H](O)CN2C(=O)CN)cc1. The first-order valence-electron chi connectivity index (χ1n) is 8.44. The van der Waals surface area contributed by atoms with E-state index in [2.05, 4.69) is 10.3 Å². The molecule has 2 heterocycles. The van der Waals surface area contributed by atoms with Crippen LogP contribution in [0.15, 0.2) is 29.8 Å². The first kappa shape index (κ1) is 18.5. The second-order valence-electron chi connectivity index (χ2n) is 6.34. The summed E-state index contributed by atoms with van der Waals surface area (Å²) in [7, 11) is 0. The molecule has 1 aromatic carbocycles. The minimum Gasteiger partial charge on any atom is -0.391 e. The normalized spacial score (nSPS) is 19.6. The maximum absolute atomic E-state index is 12.4. The Morgan fingerprint density at radius 3 is 2.73 bits per heavy atom. The fourth-order valence-corrected chi connectivity index (χ4v) is 3.93. The number of aryl methyl sites for hydroxylation is 1. The lowest BCUT2D eigenvalue weighted by Crippen LogP contribution is -2.47. The van der Waals surface area contributed by atoms with Crippen LogP contribution < -0.4 is 11.1 Å². The highest BCUT2D eigenvalue weighted by molar-refractivity contribution is 7.13. The van der Waals surface area contributed by atoms with E-state index in [1.807, 2.05) is 36.7 Å². The fraction of sp³-hybridized carbons (Fsp3) is 0.389. The van der Waals surface area contributed by atoms with Gasteiger partial charge in [-0.3, -0.25) is 9.59 Å². The van der Waals surface area contributed by atoms with Gasteiger partial charge in [-0.25, -0.2) is 4.98 Å². The fourth-order valence-electron chi connectivity index (χ4n) is 3.12. The number of nitrogens with zero attached hydrogens (tertiary/aromatic N) is 2. The van der Waals surface area contributed by atoms with Gasteiger partial charge in [-0.2, -0.15) is 0 Å². The van der Waals surface area contributed by atoms with Crippen molar-refractivity contribution in [2.75, 3.05) is 13.1 Å². The van der Waals surface area contributed by atoms with Crippen LogP contribution >= 0.6 is 11.3 Å². The number of nitrogens with two attached hydrogens (primary N) is 1. The van der Waals surface area contributed by atoms with Crippen LogP contribution in [0.5, 0.6) is 0 Å². The number of carbonyl (C=O) groups excluding carboxylic acids is 2. The van der Waals surface area contributed by atoms with Gasteiger partial charge in [0.25, 0.3) is 0 Å². The number of aromatic nitrogens is 1. The lowest BCUT2D eigenvalue weighted by atomic mass is 10.1. The smallest absolute Gasteiger partial charge is 0.243 e. The van der Waals surface area contributed by atoms with Gasteiger partial charge in [-0.15, -0.1) is 11.3 Å². The summed E-state index contributed by atoms with van der Waals surface area (Å²) in [5, 5.41) is 12.6. The van der Waals surface area contributed by atoms with E-state index >= 15 is 0 Å². The second kappa shape index (κ2) is 7.94. The molecular formula is C18H22N4O3S. The molecule has 2 amide bonds. The zero-order valence-corrected chi connectivity index (χ0v) is 15.3. The van der Waals surface area contributed by atoms with E-state index in [1.165, 1.54) is 4.90 Å². The summed E-state index contributed by atoms with van der Waals surface area (Å²) in [6.45, 7) is 2.31. The Hall–Kier alpha value is -2.29. The van der Waals surface area contributed by atoms with E-state index in [4.69, 9.17) is 5.73 Å². The Morgan fingerprint density at radius 1 is 1.38 bits per heavy atom. The Morgan fingerprint density at radius 2 is 2.12 bits per heavy atom. The van der Waals surface area contributed by atoms with E-state index in [-0.39, 0.29) is 31.3 Å². The topological polar surface area (TPSA) is 109 Å². The van der Waals surface area contributed by atoms with Crippen LogP contribution in [-0.2, 0) is 16.1 Å². The largest absolute Gasteiger partial charge is 0.391 e. The number of likely N-dealkylation sites (tertiary alicyclic amines) is 1. The van der Waals surface area contributed by atoms with Crippen LogP contribution in [-0.4, -0.2) is 52.0 Å². The summed E-state index contributed by atoms with van der Waals surface area (Å²) < 4.78 is 0. The minimum absolute atomic E-state index is 0.150. The molecule has 4 N–H and O–H groups in total. The minimum atomic E-state index is -0.692. The molecule has 138 valence electrons. The Balaban J connectivity index is 1.61. The third-order valence-electron chi connectivity index (χ3n) is 4.51. The number of aliphatic hydroxyl groups excluding tert-OH is 1. The van der Waals surface area contributed by atoms with Crippen molar-refractivity contribution in [3.05, 3.63) is 41.0 Å². The predicted molar refractivity (Wildman–Crippen MR) is 99.3 cm³/mol. The molecule has 0 unspecified atom stereocenters. The maximum atomic E-state index is 12.4. The molecule has 2 aromatic rings. The van der Waals surface area contributed by atoms with Gasteiger partial charge in [0.2, 0.25) is 11.8 Å². The number of hydrogen-bond acceptors (Lipinski definition) is 6. The van der Waals surface area contributed by atoms with E-state index in [0.717, 1.165) is 21.7 Å². The molecular weight excluding hydrogens is 352 g/mol. The average molecular weight is 374 g/mol. The monoisotopic (exact) mass is 374 g/mol. The molecule has 2 atom stereocenters. The van der Waals surface area contributed by atoms with E-state index in [9.17, 15) is 14.7 Å². The third-order valence-corrected chi connectivity index (χ3v) is 5.48. The van der Waals surface area contributed by atoms with E-state index in [1.54, 1.807) is 11.3 Å². The molecule has 1 aromatic heterocycles. The molecule has 1 aliphatic rings.